The summed E-state index contributed by atoms with van der Waals surface area (Å²) in [5, 5.41) is 0. The number of rotatable bonds is 0. The molecule has 0 aromatic heterocycles. The molecule has 1 heterocycles. The molecular formula is C22H35FNO3P. The van der Waals surface area contributed by atoms with Crippen LogP contribution in [0.1, 0.15) is 60.3 Å². The zero-order valence-corrected chi connectivity index (χ0v) is 19.0. The van der Waals surface area contributed by atoms with E-state index in [1.54, 1.807) is 4.90 Å². The number of ketones is 1. The predicted octanol–water partition coefficient (Wildman–Crippen LogP) is 5.81. The largest absolute Gasteiger partial charge is 0.444 e. The smallest absolute Gasteiger partial charge is 0.410 e. The maximum atomic E-state index is 12.0. The SMILES string of the molecule is CC1=CCCC=C1.CC1C(=O)CCC2CN(C(=O)OC(C)(C)C)CC=C21.FP. The number of Topliss-reactive ketones (excluding diaryl/α,β-unsaturated/α-hetero) is 1. The second-order valence-electron chi connectivity index (χ2n) is 8.44. The highest BCUT2D eigenvalue weighted by Gasteiger charge is 2.35. The molecule has 1 saturated carbocycles. The van der Waals surface area contributed by atoms with E-state index >= 15 is 0 Å². The van der Waals surface area contributed by atoms with Crippen molar-refractivity contribution in [1.29, 1.82) is 0 Å². The van der Waals surface area contributed by atoms with Gasteiger partial charge in [0.1, 0.15) is 11.4 Å². The number of amides is 1. The number of allylic oxidation sites excluding steroid dienone is 4. The fraction of sp³-hybridized carbons (Fsp3) is 0.636. The lowest BCUT2D eigenvalue weighted by atomic mass is 9.75. The number of hydrogen-bond donors (Lipinski definition) is 0. The zero-order chi connectivity index (χ0) is 21.3. The van der Waals surface area contributed by atoms with E-state index in [2.05, 4.69) is 25.2 Å². The van der Waals surface area contributed by atoms with Crippen LogP contribution < -0.4 is 0 Å². The van der Waals surface area contributed by atoms with Gasteiger partial charge in [-0.15, -0.1) is 0 Å². The lowest BCUT2D eigenvalue weighted by Crippen LogP contribution is -2.44. The van der Waals surface area contributed by atoms with E-state index in [-0.39, 0.29) is 12.0 Å². The topological polar surface area (TPSA) is 46.6 Å². The van der Waals surface area contributed by atoms with Crippen molar-refractivity contribution in [2.45, 2.75) is 65.9 Å². The molecule has 0 aromatic carbocycles. The molecule has 28 heavy (non-hydrogen) atoms. The third-order valence-corrected chi connectivity index (χ3v) is 5.01. The molecule has 0 saturated heterocycles. The Hall–Kier alpha value is -1.48. The van der Waals surface area contributed by atoms with E-state index in [0.717, 1.165) is 16.0 Å². The molecule has 3 unspecified atom stereocenters. The van der Waals surface area contributed by atoms with Crippen LogP contribution in [0.4, 0.5) is 8.99 Å². The van der Waals surface area contributed by atoms with E-state index in [0.29, 0.717) is 31.2 Å². The Labute approximate surface area is 171 Å². The second-order valence-corrected chi connectivity index (χ2v) is 8.44. The highest BCUT2D eigenvalue weighted by Crippen LogP contribution is 2.35. The lowest BCUT2D eigenvalue weighted by Gasteiger charge is -2.38. The van der Waals surface area contributed by atoms with E-state index in [1.807, 2.05) is 33.8 Å². The highest BCUT2D eigenvalue weighted by molar-refractivity contribution is 7.09. The Morgan fingerprint density at radius 2 is 1.93 bits per heavy atom. The minimum absolute atomic E-state index is 0.0273. The van der Waals surface area contributed by atoms with Crippen LogP contribution >= 0.6 is 9.55 Å². The van der Waals surface area contributed by atoms with Gasteiger partial charge in [-0.05, 0) is 52.9 Å². The molecule has 0 aromatic rings. The van der Waals surface area contributed by atoms with E-state index in [4.69, 9.17) is 4.74 Å². The number of carbonyl (C=O) groups is 2. The van der Waals surface area contributed by atoms with Crippen molar-refractivity contribution < 1.29 is 18.5 Å². The molecule has 0 bridgehead atoms. The van der Waals surface area contributed by atoms with E-state index < -0.39 is 5.60 Å². The number of ether oxygens (including phenoxy) is 1. The Balaban J connectivity index is 0.000000363. The van der Waals surface area contributed by atoms with Gasteiger partial charge in [0, 0.05) is 25.4 Å². The molecule has 3 aliphatic rings. The summed E-state index contributed by atoms with van der Waals surface area (Å²) in [6.45, 7) is 11.0. The minimum Gasteiger partial charge on any atom is -0.444 e. The average molecular weight is 411 g/mol. The molecule has 4 nitrogen and oxygen atoms in total. The van der Waals surface area contributed by atoms with Crippen molar-refractivity contribution in [3.05, 3.63) is 35.5 Å². The quantitative estimate of drug-likeness (QED) is 0.373. The van der Waals surface area contributed by atoms with Gasteiger partial charge < -0.3 is 9.64 Å². The molecule has 158 valence electrons. The number of halogens is 1. The summed E-state index contributed by atoms with van der Waals surface area (Å²) in [6, 6.07) is 0. The van der Waals surface area contributed by atoms with Crippen LogP contribution in [0.2, 0.25) is 0 Å². The first-order valence-corrected chi connectivity index (χ1v) is 10.4. The minimum atomic E-state index is -0.461. The number of fused-ring (bicyclic) bond motifs is 1. The van der Waals surface area contributed by atoms with Crippen LogP contribution in [0.15, 0.2) is 35.5 Å². The van der Waals surface area contributed by atoms with E-state index in [1.165, 1.54) is 24.0 Å². The van der Waals surface area contributed by atoms with Crippen molar-refractivity contribution in [3.63, 3.8) is 0 Å². The first-order chi connectivity index (χ1) is 13.2. The van der Waals surface area contributed by atoms with Gasteiger partial charge in [-0.1, -0.05) is 42.4 Å². The summed E-state index contributed by atoms with van der Waals surface area (Å²) in [4.78, 5) is 25.5. The highest BCUT2D eigenvalue weighted by atomic mass is 31.1. The Morgan fingerprint density at radius 1 is 1.25 bits per heavy atom. The molecule has 0 N–H and O–H groups in total. The third-order valence-electron chi connectivity index (χ3n) is 5.01. The van der Waals surface area contributed by atoms with Crippen LogP contribution in [0, 0.1) is 11.8 Å². The van der Waals surface area contributed by atoms with E-state index in [9.17, 15) is 13.8 Å². The predicted molar refractivity (Wildman–Crippen MR) is 116 cm³/mol. The third kappa shape index (κ3) is 7.87. The summed E-state index contributed by atoms with van der Waals surface area (Å²) in [7, 11) is 0.917. The Kier molecular flexibility index (Phi) is 10.1. The molecule has 1 aliphatic heterocycles. The van der Waals surface area contributed by atoms with Crippen molar-refractivity contribution in [2.75, 3.05) is 13.1 Å². The number of carbonyl (C=O) groups excluding carboxylic acids is 2. The number of nitrogens with zero attached hydrogens (tertiary/aromatic N) is 1. The van der Waals surface area contributed by atoms with Crippen LogP contribution in [0.25, 0.3) is 0 Å². The van der Waals surface area contributed by atoms with Crippen LogP contribution in [-0.2, 0) is 9.53 Å². The molecule has 0 spiro atoms. The summed E-state index contributed by atoms with van der Waals surface area (Å²) in [5.41, 5.74) is 2.17. The zero-order valence-electron chi connectivity index (χ0n) is 17.8. The van der Waals surface area contributed by atoms with Gasteiger partial charge in [0.2, 0.25) is 0 Å². The molecular weight excluding hydrogens is 376 g/mol. The van der Waals surface area contributed by atoms with Gasteiger partial charge in [-0.2, -0.15) is 0 Å². The number of hydrogen-bond acceptors (Lipinski definition) is 3. The monoisotopic (exact) mass is 411 g/mol. The van der Waals surface area contributed by atoms with Crippen molar-refractivity contribution in [2.24, 2.45) is 11.8 Å². The molecule has 0 radical (unpaired) electrons. The maximum absolute atomic E-state index is 12.0. The van der Waals surface area contributed by atoms with Gasteiger partial charge in [0.25, 0.3) is 0 Å². The van der Waals surface area contributed by atoms with Gasteiger partial charge in [-0.3, -0.25) is 4.79 Å². The van der Waals surface area contributed by atoms with Crippen molar-refractivity contribution in [3.8, 4) is 0 Å². The van der Waals surface area contributed by atoms with Gasteiger partial charge in [0.15, 0.2) is 0 Å². The molecule has 2 aliphatic carbocycles. The first-order valence-electron chi connectivity index (χ1n) is 9.93. The van der Waals surface area contributed by atoms with Crippen molar-refractivity contribution >= 4 is 21.4 Å². The van der Waals surface area contributed by atoms with Crippen LogP contribution in [-0.4, -0.2) is 35.5 Å². The van der Waals surface area contributed by atoms with Crippen molar-refractivity contribution in [1.82, 2.24) is 4.90 Å². The Bertz CT molecular complexity index is 634. The first kappa shape index (κ1) is 24.6. The van der Waals surface area contributed by atoms with Crippen LogP contribution in [0.3, 0.4) is 0 Å². The van der Waals surface area contributed by atoms with Crippen LogP contribution in [0.5, 0.6) is 0 Å². The molecule has 6 heteroatoms. The fourth-order valence-electron chi connectivity index (χ4n) is 3.56. The maximum Gasteiger partial charge on any atom is 0.410 e. The summed E-state index contributed by atoms with van der Waals surface area (Å²) in [5.74, 6) is 0.682. The summed E-state index contributed by atoms with van der Waals surface area (Å²) < 4.78 is 14.8. The van der Waals surface area contributed by atoms with Gasteiger partial charge >= 0.3 is 6.09 Å². The normalized spacial score (nSPS) is 23.8. The molecule has 3 atom stereocenters. The standard InChI is InChI=1S/C15H23NO3.C7H10.FH2P/c1-10-12-7-8-16(14(18)19-15(2,3)4)9-11(12)5-6-13(10)17;1-7-5-3-2-4-6-7;1-2/h7,10-11H,5-6,8-9H2,1-4H3;3,5-6H,2,4H2,1H3;2H2. The average Bonchev–Trinajstić information content (AvgIpc) is 2.66. The second kappa shape index (κ2) is 11.5. The Morgan fingerprint density at radius 3 is 2.43 bits per heavy atom. The fourth-order valence-corrected chi connectivity index (χ4v) is 3.56. The summed E-state index contributed by atoms with van der Waals surface area (Å²) >= 11 is 0. The summed E-state index contributed by atoms with van der Waals surface area (Å²) in [6.07, 6.45) is 12.4. The van der Waals surface area contributed by atoms with Gasteiger partial charge in [-0.25, -0.2) is 8.99 Å². The van der Waals surface area contributed by atoms with Gasteiger partial charge in [0.05, 0.1) is 9.55 Å². The molecule has 1 fully saturated rings. The molecule has 1 amide bonds. The molecule has 3 rings (SSSR count). The lowest BCUT2D eigenvalue weighted by molar-refractivity contribution is -0.123.